The van der Waals surface area contributed by atoms with Crippen molar-refractivity contribution >= 4 is 17.3 Å². The molecule has 0 saturated carbocycles. The number of rotatable bonds is 5. The van der Waals surface area contributed by atoms with Crippen LogP contribution >= 0.6 is 0 Å². The highest BCUT2D eigenvalue weighted by Gasteiger charge is 2.27. The zero-order chi connectivity index (χ0) is 16.9. The molecule has 24 heavy (non-hydrogen) atoms. The first-order valence-corrected chi connectivity index (χ1v) is 8.25. The predicted octanol–water partition coefficient (Wildman–Crippen LogP) is 3.31. The molecular weight excluding hydrogens is 304 g/mol. The molecule has 1 atom stereocenters. The molecule has 1 unspecified atom stereocenters. The fourth-order valence-electron chi connectivity index (χ4n) is 2.72. The van der Waals surface area contributed by atoms with E-state index in [1.54, 1.807) is 6.07 Å². The maximum Gasteiger partial charge on any atom is 0.269 e. The quantitative estimate of drug-likeness (QED) is 0.916. The zero-order valence-electron chi connectivity index (χ0n) is 14.0. The van der Waals surface area contributed by atoms with Gasteiger partial charge in [-0.2, -0.15) is 0 Å². The second-order valence-corrected chi connectivity index (χ2v) is 5.57. The summed E-state index contributed by atoms with van der Waals surface area (Å²) in [5, 5.41) is 2.88. The van der Waals surface area contributed by atoms with Crippen LogP contribution in [-0.2, 0) is 4.79 Å². The second-order valence-electron chi connectivity index (χ2n) is 5.57. The van der Waals surface area contributed by atoms with Crippen molar-refractivity contribution in [2.45, 2.75) is 20.0 Å². The number of fused-ring (bicyclic) bond motifs is 1. The Hall–Kier alpha value is -2.69. The Morgan fingerprint density at radius 3 is 2.42 bits per heavy atom. The number of amides is 1. The summed E-state index contributed by atoms with van der Waals surface area (Å²) >= 11 is 0. The minimum absolute atomic E-state index is 0.208. The normalized spacial score (nSPS) is 15.7. The van der Waals surface area contributed by atoms with Crippen molar-refractivity contribution in [2.75, 3.05) is 29.9 Å². The highest BCUT2D eigenvalue weighted by Crippen LogP contribution is 2.31. The lowest BCUT2D eigenvalue weighted by Gasteiger charge is -2.25. The molecule has 0 saturated heterocycles. The first-order chi connectivity index (χ1) is 11.7. The highest BCUT2D eigenvalue weighted by atomic mass is 16.6. The Morgan fingerprint density at radius 2 is 1.75 bits per heavy atom. The van der Waals surface area contributed by atoms with E-state index in [2.05, 4.69) is 24.1 Å². The number of ether oxygens (including phenoxy) is 2. The van der Waals surface area contributed by atoms with E-state index < -0.39 is 6.10 Å². The summed E-state index contributed by atoms with van der Waals surface area (Å²) in [4.78, 5) is 14.6. The van der Waals surface area contributed by atoms with Crippen molar-refractivity contribution in [1.29, 1.82) is 0 Å². The topological polar surface area (TPSA) is 50.8 Å². The molecule has 0 aromatic heterocycles. The third-order valence-corrected chi connectivity index (χ3v) is 4.06. The lowest BCUT2D eigenvalue weighted by molar-refractivity contribution is -0.125. The Balaban J connectivity index is 1.63. The summed E-state index contributed by atoms with van der Waals surface area (Å²) in [6, 6.07) is 15.2. The van der Waals surface area contributed by atoms with Crippen molar-refractivity contribution in [3.63, 3.8) is 0 Å². The van der Waals surface area contributed by atoms with Gasteiger partial charge in [0.05, 0.1) is 0 Å². The lowest BCUT2D eigenvalue weighted by atomic mass is 10.2. The van der Waals surface area contributed by atoms with E-state index in [4.69, 9.17) is 9.47 Å². The number of hydrogen-bond donors (Lipinski definition) is 1. The van der Waals surface area contributed by atoms with Gasteiger partial charge in [-0.1, -0.05) is 12.1 Å². The smallest absolute Gasteiger partial charge is 0.269 e. The van der Waals surface area contributed by atoms with Gasteiger partial charge in [-0.3, -0.25) is 4.79 Å². The lowest BCUT2D eigenvalue weighted by Crippen LogP contribution is -2.40. The minimum Gasteiger partial charge on any atom is -0.485 e. The summed E-state index contributed by atoms with van der Waals surface area (Å²) < 4.78 is 11.3. The molecule has 1 aliphatic heterocycles. The van der Waals surface area contributed by atoms with Gasteiger partial charge in [0, 0.05) is 24.5 Å². The van der Waals surface area contributed by atoms with Crippen molar-refractivity contribution in [1.82, 2.24) is 0 Å². The summed E-state index contributed by atoms with van der Waals surface area (Å²) in [6.07, 6.45) is -0.651. The standard InChI is InChI=1S/C19H22N2O3/c1-3-21(4-2)15-11-9-14(10-12-15)20-19(22)18-13-23-16-7-5-6-8-17(16)24-18/h5-12,18H,3-4,13H2,1-2H3,(H,20,22). The van der Waals surface area contributed by atoms with Gasteiger partial charge in [0.25, 0.3) is 5.91 Å². The fraction of sp³-hybridized carbons (Fsp3) is 0.316. The van der Waals surface area contributed by atoms with E-state index in [1.807, 2.05) is 42.5 Å². The number of para-hydroxylation sites is 2. The molecule has 1 aliphatic rings. The monoisotopic (exact) mass is 326 g/mol. The van der Waals surface area contributed by atoms with Gasteiger partial charge in [-0.15, -0.1) is 0 Å². The highest BCUT2D eigenvalue weighted by molar-refractivity contribution is 5.94. The third-order valence-electron chi connectivity index (χ3n) is 4.06. The predicted molar refractivity (Wildman–Crippen MR) is 95.0 cm³/mol. The molecule has 0 bridgehead atoms. The third kappa shape index (κ3) is 3.45. The van der Waals surface area contributed by atoms with Gasteiger partial charge in [-0.25, -0.2) is 0 Å². The largest absolute Gasteiger partial charge is 0.485 e. The molecule has 0 spiro atoms. The molecular formula is C19H22N2O3. The molecule has 5 heteroatoms. The SMILES string of the molecule is CCN(CC)c1ccc(NC(=O)C2COc3ccccc3O2)cc1. The molecule has 1 N–H and O–H groups in total. The molecule has 1 amide bonds. The summed E-state index contributed by atoms with van der Waals surface area (Å²) in [5.41, 5.74) is 1.89. The van der Waals surface area contributed by atoms with E-state index in [9.17, 15) is 4.79 Å². The average molecular weight is 326 g/mol. The van der Waals surface area contributed by atoms with Gasteiger partial charge in [0.1, 0.15) is 6.61 Å². The van der Waals surface area contributed by atoms with Gasteiger partial charge in [0.2, 0.25) is 6.10 Å². The molecule has 0 fully saturated rings. The van der Waals surface area contributed by atoms with Gasteiger partial charge < -0.3 is 19.7 Å². The minimum atomic E-state index is -0.651. The number of hydrogen-bond acceptors (Lipinski definition) is 4. The van der Waals surface area contributed by atoms with Gasteiger partial charge >= 0.3 is 0 Å². The summed E-state index contributed by atoms with van der Waals surface area (Å²) in [5.74, 6) is 1.06. The van der Waals surface area contributed by atoms with E-state index in [0.29, 0.717) is 11.5 Å². The average Bonchev–Trinajstić information content (AvgIpc) is 2.63. The van der Waals surface area contributed by atoms with Gasteiger partial charge in [-0.05, 0) is 50.2 Å². The number of benzene rings is 2. The molecule has 126 valence electrons. The maximum absolute atomic E-state index is 12.4. The number of carbonyl (C=O) groups is 1. The van der Waals surface area contributed by atoms with E-state index in [0.717, 1.165) is 24.5 Å². The van der Waals surface area contributed by atoms with Crippen LogP contribution in [0.4, 0.5) is 11.4 Å². The second kappa shape index (κ2) is 7.25. The molecule has 2 aromatic rings. The zero-order valence-corrected chi connectivity index (χ0v) is 14.0. The number of anilines is 2. The maximum atomic E-state index is 12.4. The van der Waals surface area contributed by atoms with Crippen molar-refractivity contribution in [2.24, 2.45) is 0 Å². The van der Waals surface area contributed by atoms with Crippen molar-refractivity contribution < 1.29 is 14.3 Å². The van der Waals surface area contributed by atoms with E-state index in [-0.39, 0.29) is 12.5 Å². The van der Waals surface area contributed by atoms with Crippen LogP contribution in [0.1, 0.15) is 13.8 Å². The molecule has 1 heterocycles. The summed E-state index contributed by atoms with van der Waals surface area (Å²) in [7, 11) is 0. The van der Waals surface area contributed by atoms with Gasteiger partial charge in [0.15, 0.2) is 11.5 Å². The Morgan fingerprint density at radius 1 is 1.08 bits per heavy atom. The molecule has 0 radical (unpaired) electrons. The summed E-state index contributed by atoms with van der Waals surface area (Å²) in [6.45, 7) is 6.36. The molecule has 2 aromatic carbocycles. The first kappa shape index (κ1) is 16.2. The first-order valence-electron chi connectivity index (χ1n) is 8.25. The molecule has 0 aliphatic carbocycles. The van der Waals surface area contributed by atoms with Crippen molar-refractivity contribution in [3.05, 3.63) is 48.5 Å². The van der Waals surface area contributed by atoms with Crippen LogP contribution in [0.3, 0.4) is 0 Å². The molecule has 3 rings (SSSR count). The van der Waals surface area contributed by atoms with Crippen LogP contribution in [-0.4, -0.2) is 31.7 Å². The van der Waals surface area contributed by atoms with Crippen LogP contribution < -0.4 is 19.7 Å². The van der Waals surface area contributed by atoms with Crippen LogP contribution in [0.15, 0.2) is 48.5 Å². The van der Waals surface area contributed by atoms with Crippen LogP contribution in [0.5, 0.6) is 11.5 Å². The fourth-order valence-corrected chi connectivity index (χ4v) is 2.72. The Bertz CT molecular complexity index is 696. The van der Waals surface area contributed by atoms with E-state index in [1.165, 1.54) is 0 Å². The number of carbonyl (C=O) groups excluding carboxylic acids is 1. The number of nitrogens with zero attached hydrogens (tertiary/aromatic N) is 1. The molecule has 5 nitrogen and oxygen atoms in total. The van der Waals surface area contributed by atoms with Crippen LogP contribution in [0, 0.1) is 0 Å². The van der Waals surface area contributed by atoms with Crippen molar-refractivity contribution in [3.8, 4) is 11.5 Å². The van der Waals surface area contributed by atoms with Crippen LogP contribution in [0.25, 0.3) is 0 Å². The van der Waals surface area contributed by atoms with Crippen LogP contribution in [0.2, 0.25) is 0 Å². The number of nitrogens with one attached hydrogen (secondary N) is 1. The Labute approximate surface area is 142 Å². The Kier molecular flexibility index (Phi) is 4.89. The van der Waals surface area contributed by atoms with E-state index >= 15 is 0 Å².